The summed E-state index contributed by atoms with van der Waals surface area (Å²) in [6, 6.07) is 7.28. The molecular formula is C12H11N3O. The number of hydrogen-bond acceptors (Lipinski definition) is 3. The molecule has 1 aromatic heterocycles. The summed E-state index contributed by atoms with van der Waals surface area (Å²) in [5.41, 5.74) is 2.12. The first kappa shape index (κ1) is 10.4. The van der Waals surface area contributed by atoms with Crippen molar-refractivity contribution in [2.45, 2.75) is 13.0 Å². The lowest BCUT2D eigenvalue weighted by atomic mass is 10.1. The Bertz CT molecular complexity index is 524. The maximum atomic E-state index is 9.65. The largest absolute Gasteiger partial charge is 0.389 e. The molecule has 0 aliphatic rings. The standard InChI is InChI=1S/C12H11N3O/c1-9(16)11-3-2-10(7-13)6-12(11)15-5-4-14-8-15/h2-6,8-9,16H,1H3/t9-/m0/s1. The monoisotopic (exact) mass is 213 g/mol. The van der Waals surface area contributed by atoms with Gasteiger partial charge in [0.25, 0.3) is 0 Å². The Kier molecular flexibility index (Phi) is 2.71. The van der Waals surface area contributed by atoms with Crippen LogP contribution in [0.15, 0.2) is 36.9 Å². The fraction of sp³-hybridized carbons (Fsp3) is 0.167. The fourth-order valence-electron chi connectivity index (χ4n) is 1.59. The molecule has 0 aliphatic carbocycles. The Balaban J connectivity index is 2.61. The molecular weight excluding hydrogens is 202 g/mol. The molecule has 0 saturated carbocycles. The van der Waals surface area contributed by atoms with Gasteiger partial charge in [-0.05, 0) is 19.1 Å². The van der Waals surface area contributed by atoms with Gasteiger partial charge in [-0.15, -0.1) is 0 Å². The van der Waals surface area contributed by atoms with Crippen LogP contribution in [0.2, 0.25) is 0 Å². The number of rotatable bonds is 2. The summed E-state index contributed by atoms with van der Waals surface area (Å²) >= 11 is 0. The van der Waals surface area contributed by atoms with Crippen LogP contribution in [-0.4, -0.2) is 14.7 Å². The van der Waals surface area contributed by atoms with Crippen LogP contribution in [0.1, 0.15) is 24.2 Å². The third-order valence-electron chi connectivity index (χ3n) is 2.39. The highest BCUT2D eigenvalue weighted by Crippen LogP contribution is 2.22. The molecule has 0 saturated heterocycles. The normalized spacial score (nSPS) is 12.1. The zero-order chi connectivity index (χ0) is 11.5. The number of aromatic nitrogens is 2. The third kappa shape index (κ3) is 1.81. The summed E-state index contributed by atoms with van der Waals surface area (Å²) in [4.78, 5) is 3.95. The van der Waals surface area contributed by atoms with Gasteiger partial charge in [-0.3, -0.25) is 0 Å². The molecule has 4 nitrogen and oxygen atoms in total. The van der Waals surface area contributed by atoms with Crippen molar-refractivity contribution in [3.8, 4) is 11.8 Å². The van der Waals surface area contributed by atoms with Gasteiger partial charge in [0.2, 0.25) is 0 Å². The van der Waals surface area contributed by atoms with Gasteiger partial charge in [-0.1, -0.05) is 6.07 Å². The summed E-state index contributed by atoms with van der Waals surface area (Å²) in [5.74, 6) is 0. The molecule has 16 heavy (non-hydrogen) atoms. The van der Waals surface area contributed by atoms with Crippen molar-refractivity contribution < 1.29 is 5.11 Å². The molecule has 1 heterocycles. The summed E-state index contributed by atoms with van der Waals surface area (Å²) in [5, 5.41) is 18.5. The van der Waals surface area contributed by atoms with E-state index in [1.165, 1.54) is 0 Å². The van der Waals surface area contributed by atoms with Gasteiger partial charge in [0.05, 0.1) is 29.8 Å². The van der Waals surface area contributed by atoms with Crippen molar-refractivity contribution in [1.29, 1.82) is 5.26 Å². The molecule has 2 rings (SSSR count). The number of aliphatic hydroxyl groups excluding tert-OH is 1. The minimum Gasteiger partial charge on any atom is -0.389 e. The lowest BCUT2D eigenvalue weighted by Crippen LogP contribution is -2.01. The Morgan fingerprint density at radius 3 is 2.88 bits per heavy atom. The molecule has 0 spiro atoms. The average Bonchev–Trinajstić information content (AvgIpc) is 2.81. The molecule has 0 bridgehead atoms. The van der Waals surface area contributed by atoms with Crippen LogP contribution >= 0.6 is 0 Å². The third-order valence-corrected chi connectivity index (χ3v) is 2.39. The number of imidazole rings is 1. The van der Waals surface area contributed by atoms with Gasteiger partial charge in [0, 0.05) is 18.0 Å². The van der Waals surface area contributed by atoms with E-state index in [0.29, 0.717) is 5.56 Å². The molecule has 80 valence electrons. The van der Waals surface area contributed by atoms with E-state index in [2.05, 4.69) is 11.1 Å². The number of hydrogen-bond donors (Lipinski definition) is 1. The first-order valence-corrected chi connectivity index (χ1v) is 4.93. The van der Waals surface area contributed by atoms with E-state index in [4.69, 9.17) is 5.26 Å². The van der Waals surface area contributed by atoms with E-state index < -0.39 is 6.10 Å². The highest BCUT2D eigenvalue weighted by atomic mass is 16.3. The van der Waals surface area contributed by atoms with Crippen LogP contribution in [0.5, 0.6) is 0 Å². The van der Waals surface area contributed by atoms with E-state index in [-0.39, 0.29) is 0 Å². The van der Waals surface area contributed by atoms with Gasteiger partial charge in [0.15, 0.2) is 0 Å². The molecule has 1 aromatic carbocycles. The highest BCUT2D eigenvalue weighted by molar-refractivity contribution is 5.48. The van der Waals surface area contributed by atoms with Gasteiger partial charge < -0.3 is 9.67 Å². The van der Waals surface area contributed by atoms with Gasteiger partial charge in [-0.2, -0.15) is 5.26 Å². The van der Waals surface area contributed by atoms with Crippen molar-refractivity contribution in [2.24, 2.45) is 0 Å². The minimum atomic E-state index is -0.579. The first-order valence-electron chi connectivity index (χ1n) is 4.93. The number of aliphatic hydroxyl groups is 1. The predicted octanol–water partition coefficient (Wildman–Crippen LogP) is 1.80. The second-order valence-corrected chi connectivity index (χ2v) is 3.53. The topological polar surface area (TPSA) is 61.8 Å². The van der Waals surface area contributed by atoms with E-state index in [0.717, 1.165) is 11.3 Å². The van der Waals surface area contributed by atoms with Crippen LogP contribution in [0, 0.1) is 11.3 Å². The van der Waals surface area contributed by atoms with Gasteiger partial charge in [0.1, 0.15) is 0 Å². The molecule has 0 radical (unpaired) electrons. The van der Waals surface area contributed by atoms with Crippen LogP contribution in [0.4, 0.5) is 0 Å². The van der Waals surface area contributed by atoms with Gasteiger partial charge in [-0.25, -0.2) is 4.98 Å². The molecule has 1 atom stereocenters. The number of benzene rings is 1. The van der Waals surface area contributed by atoms with Crippen LogP contribution in [-0.2, 0) is 0 Å². The highest BCUT2D eigenvalue weighted by Gasteiger charge is 2.10. The molecule has 4 heteroatoms. The molecule has 0 aliphatic heterocycles. The average molecular weight is 213 g/mol. The summed E-state index contributed by atoms with van der Waals surface area (Å²) in [6.45, 7) is 1.70. The second-order valence-electron chi connectivity index (χ2n) is 3.53. The Morgan fingerprint density at radius 2 is 2.31 bits per heavy atom. The summed E-state index contributed by atoms with van der Waals surface area (Å²) in [7, 11) is 0. The summed E-state index contributed by atoms with van der Waals surface area (Å²) in [6.07, 6.45) is 4.50. The fourth-order valence-corrected chi connectivity index (χ4v) is 1.59. The van der Waals surface area contributed by atoms with Crippen LogP contribution in [0.3, 0.4) is 0 Å². The molecule has 2 aromatic rings. The van der Waals surface area contributed by atoms with Crippen molar-refractivity contribution in [3.63, 3.8) is 0 Å². The van der Waals surface area contributed by atoms with Crippen molar-refractivity contribution in [1.82, 2.24) is 9.55 Å². The van der Waals surface area contributed by atoms with Gasteiger partial charge >= 0.3 is 0 Å². The quantitative estimate of drug-likeness (QED) is 0.827. The lowest BCUT2D eigenvalue weighted by molar-refractivity contribution is 0.199. The second kappa shape index (κ2) is 4.17. The first-order chi connectivity index (χ1) is 7.72. The molecule has 0 fully saturated rings. The summed E-state index contributed by atoms with van der Waals surface area (Å²) < 4.78 is 1.78. The van der Waals surface area contributed by atoms with E-state index in [1.807, 2.05) is 0 Å². The zero-order valence-corrected chi connectivity index (χ0v) is 8.83. The minimum absolute atomic E-state index is 0.563. The van der Waals surface area contributed by atoms with Crippen LogP contribution in [0.25, 0.3) is 5.69 Å². The SMILES string of the molecule is C[C@H](O)c1ccc(C#N)cc1-n1ccnc1. The molecule has 0 unspecified atom stereocenters. The molecule has 0 amide bonds. The number of nitrogens with zero attached hydrogens (tertiary/aromatic N) is 3. The Labute approximate surface area is 93.4 Å². The maximum Gasteiger partial charge on any atom is 0.0992 e. The Hall–Kier alpha value is -2.12. The lowest BCUT2D eigenvalue weighted by Gasteiger charge is -2.12. The van der Waals surface area contributed by atoms with Crippen molar-refractivity contribution >= 4 is 0 Å². The van der Waals surface area contributed by atoms with Crippen molar-refractivity contribution in [2.75, 3.05) is 0 Å². The van der Waals surface area contributed by atoms with Crippen LogP contribution < -0.4 is 0 Å². The van der Waals surface area contributed by atoms with Crippen molar-refractivity contribution in [3.05, 3.63) is 48.0 Å². The Morgan fingerprint density at radius 1 is 1.50 bits per heavy atom. The number of nitriles is 1. The maximum absolute atomic E-state index is 9.65. The zero-order valence-electron chi connectivity index (χ0n) is 8.83. The van der Waals surface area contributed by atoms with E-state index in [1.54, 1.807) is 48.4 Å². The molecule has 1 N–H and O–H groups in total. The smallest absolute Gasteiger partial charge is 0.0992 e. The predicted molar refractivity (Wildman–Crippen MR) is 58.9 cm³/mol. The van der Waals surface area contributed by atoms with E-state index >= 15 is 0 Å². The van der Waals surface area contributed by atoms with E-state index in [9.17, 15) is 5.11 Å².